The molecule has 0 aromatic heterocycles. The van der Waals surface area contributed by atoms with E-state index in [4.69, 9.17) is 4.74 Å². The molecule has 17 heavy (non-hydrogen) atoms. The van der Waals surface area contributed by atoms with Gasteiger partial charge >= 0.3 is 0 Å². The highest BCUT2D eigenvalue weighted by molar-refractivity contribution is 5.96. The minimum atomic E-state index is -0.285. The van der Waals surface area contributed by atoms with Crippen LogP contribution in [0.3, 0.4) is 0 Å². The van der Waals surface area contributed by atoms with Crippen LogP contribution in [-0.2, 0) is 0 Å². The van der Waals surface area contributed by atoms with E-state index >= 15 is 0 Å². The van der Waals surface area contributed by atoms with Crippen molar-refractivity contribution in [3.63, 3.8) is 0 Å². The minimum Gasteiger partial charge on any atom is -0.507 e. The first-order valence-corrected chi connectivity index (χ1v) is 5.34. The molecule has 0 saturated heterocycles. The van der Waals surface area contributed by atoms with Crippen molar-refractivity contribution >= 4 is 5.91 Å². The Morgan fingerprint density at radius 1 is 1.47 bits per heavy atom. The molecule has 0 aliphatic carbocycles. The highest BCUT2D eigenvalue weighted by Crippen LogP contribution is 2.22. The number of hydrogen-bond acceptors (Lipinski definition) is 4. The summed E-state index contributed by atoms with van der Waals surface area (Å²) in [6.45, 7) is 1.29. The number of phenols is 1. The average Bonchev–Trinajstić information content (AvgIpc) is 2.28. The highest BCUT2D eigenvalue weighted by atomic mass is 16.5. The van der Waals surface area contributed by atoms with Gasteiger partial charge < -0.3 is 20.1 Å². The van der Waals surface area contributed by atoms with Crippen molar-refractivity contribution in [2.24, 2.45) is 0 Å². The molecule has 1 amide bonds. The predicted molar refractivity (Wildman–Crippen MR) is 65.5 cm³/mol. The second kappa shape index (κ2) is 6.10. The monoisotopic (exact) mass is 238 g/mol. The SMILES string of the molecule is COc1ccc(C(=O)NCCN(C)C)c(O)c1. The first kappa shape index (κ1) is 13.3. The molecule has 1 aromatic rings. The molecule has 0 bridgehead atoms. The van der Waals surface area contributed by atoms with Gasteiger partial charge in [0, 0.05) is 19.2 Å². The number of phenolic OH excluding ortho intramolecular Hbond substituents is 1. The third-order valence-corrected chi connectivity index (χ3v) is 2.29. The number of methoxy groups -OCH3 is 1. The summed E-state index contributed by atoms with van der Waals surface area (Å²) >= 11 is 0. The zero-order chi connectivity index (χ0) is 12.8. The molecule has 2 N–H and O–H groups in total. The number of amides is 1. The molecule has 1 aromatic carbocycles. The molecule has 5 heteroatoms. The van der Waals surface area contributed by atoms with Crippen LogP contribution in [0.5, 0.6) is 11.5 Å². The van der Waals surface area contributed by atoms with Gasteiger partial charge in [-0.1, -0.05) is 0 Å². The summed E-state index contributed by atoms with van der Waals surface area (Å²) in [5.74, 6) is 0.158. The fraction of sp³-hybridized carbons (Fsp3) is 0.417. The second-order valence-electron chi connectivity index (χ2n) is 3.94. The Labute approximate surface area is 101 Å². The summed E-state index contributed by atoms with van der Waals surface area (Å²) in [7, 11) is 5.36. The van der Waals surface area contributed by atoms with Crippen molar-refractivity contribution in [1.29, 1.82) is 0 Å². The molecule has 0 aliphatic rings. The van der Waals surface area contributed by atoms with E-state index < -0.39 is 0 Å². The average molecular weight is 238 g/mol. The number of benzene rings is 1. The molecule has 0 heterocycles. The van der Waals surface area contributed by atoms with E-state index in [0.717, 1.165) is 6.54 Å². The maximum Gasteiger partial charge on any atom is 0.255 e. The quantitative estimate of drug-likeness (QED) is 0.792. The number of rotatable bonds is 5. The number of nitrogens with zero attached hydrogens (tertiary/aromatic N) is 1. The van der Waals surface area contributed by atoms with Gasteiger partial charge in [-0.25, -0.2) is 0 Å². The number of carbonyl (C=O) groups excluding carboxylic acids is 1. The van der Waals surface area contributed by atoms with E-state index in [0.29, 0.717) is 12.3 Å². The normalized spacial score (nSPS) is 10.4. The summed E-state index contributed by atoms with van der Waals surface area (Å²) in [6, 6.07) is 4.60. The predicted octanol–water partition coefficient (Wildman–Crippen LogP) is 0.692. The number of ether oxygens (including phenoxy) is 1. The number of aromatic hydroxyl groups is 1. The smallest absolute Gasteiger partial charge is 0.255 e. The lowest BCUT2D eigenvalue weighted by atomic mass is 10.2. The Morgan fingerprint density at radius 3 is 2.71 bits per heavy atom. The summed E-state index contributed by atoms with van der Waals surface area (Å²) in [4.78, 5) is 13.7. The Balaban J connectivity index is 2.63. The third kappa shape index (κ3) is 3.96. The molecule has 0 atom stereocenters. The van der Waals surface area contributed by atoms with Crippen molar-refractivity contribution in [2.45, 2.75) is 0 Å². The van der Waals surface area contributed by atoms with Gasteiger partial charge in [0.1, 0.15) is 11.5 Å². The van der Waals surface area contributed by atoms with Gasteiger partial charge in [-0.3, -0.25) is 4.79 Å². The summed E-state index contributed by atoms with van der Waals surface area (Å²) in [6.07, 6.45) is 0. The van der Waals surface area contributed by atoms with Crippen LogP contribution in [0.1, 0.15) is 10.4 Å². The second-order valence-corrected chi connectivity index (χ2v) is 3.94. The largest absolute Gasteiger partial charge is 0.507 e. The molecule has 0 unspecified atom stereocenters. The van der Waals surface area contributed by atoms with E-state index in [-0.39, 0.29) is 17.2 Å². The van der Waals surface area contributed by atoms with E-state index in [1.807, 2.05) is 19.0 Å². The van der Waals surface area contributed by atoms with E-state index in [1.54, 1.807) is 12.1 Å². The molecule has 0 radical (unpaired) electrons. The summed E-state index contributed by atoms with van der Waals surface area (Å²) in [5.41, 5.74) is 0.254. The van der Waals surface area contributed by atoms with E-state index in [1.165, 1.54) is 13.2 Å². The van der Waals surface area contributed by atoms with Gasteiger partial charge in [-0.15, -0.1) is 0 Å². The van der Waals surface area contributed by atoms with Gasteiger partial charge in [0.2, 0.25) is 0 Å². The van der Waals surface area contributed by atoms with Gasteiger partial charge in [0.25, 0.3) is 5.91 Å². The van der Waals surface area contributed by atoms with Crippen LogP contribution in [-0.4, -0.2) is 50.2 Å². The van der Waals surface area contributed by atoms with Gasteiger partial charge in [0.05, 0.1) is 12.7 Å². The Bertz CT molecular complexity index is 391. The van der Waals surface area contributed by atoms with Crippen molar-refractivity contribution in [1.82, 2.24) is 10.2 Å². The summed E-state index contributed by atoms with van der Waals surface area (Å²) < 4.78 is 4.94. The maximum absolute atomic E-state index is 11.7. The fourth-order valence-electron chi connectivity index (χ4n) is 1.32. The van der Waals surface area contributed by atoms with E-state index in [9.17, 15) is 9.90 Å². The van der Waals surface area contributed by atoms with Gasteiger partial charge in [-0.2, -0.15) is 0 Å². The number of hydrogen-bond donors (Lipinski definition) is 2. The molecule has 0 fully saturated rings. The lowest BCUT2D eigenvalue weighted by molar-refractivity contribution is 0.0948. The molecule has 94 valence electrons. The third-order valence-electron chi connectivity index (χ3n) is 2.29. The lowest BCUT2D eigenvalue weighted by Gasteiger charge is -2.11. The maximum atomic E-state index is 11.7. The molecular weight excluding hydrogens is 220 g/mol. The topological polar surface area (TPSA) is 61.8 Å². The lowest BCUT2D eigenvalue weighted by Crippen LogP contribution is -2.31. The van der Waals surface area contributed by atoms with Crippen LogP contribution >= 0.6 is 0 Å². The van der Waals surface area contributed by atoms with Crippen molar-refractivity contribution < 1.29 is 14.6 Å². The molecule has 5 nitrogen and oxygen atoms in total. The minimum absolute atomic E-state index is 0.0771. The molecule has 0 spiro atoms. The van der Waals surface area contributed by atoms with Crippen molar-refractivity contribution in [2.75, 3.05) is 34.3 Å². The van der Waals surface area contributed by atoms with E-state index in [2.05, 4.69) is 5.32 Å². The van der Waals surface area contributed by atoms with Gasteiger partial charge in [0.15, 0.2) is 0 Å². The van der Waals surface area contributed by atoms with Crippen LogP contribution in [0.2, 0.25) is 0 Å². The van der Waals surface area contributed by atoms with Crippen LogP contribution in [0, 0.1) is 0 Å². The van der Waals surface area contributed by atoms with Crippen LogP contribution < -0.4 is 10.1 Å². The zero-order valence-electron chi connectivity index (χ0n) is 10.4. The Kier molecular flexibility index (Phi) is 4.78. The Morgan fingerprint density at radius 2 is 2.18 bits per heavy atom. The first-order chi connectivity index (χ1) is 8.04. The summed E-state index contributed by atoms with van der Waals surface area (Å²) in [5, 5.41) is 12.4. The Hall–Kier alpha value is -1.75. The van der Waals surface area contributed by atoms with Crippen LogP contribution in [0.25, 0.3) is 0 Å². The first-order valence-electron chi connectivity index (χ1n) is 5.34. The molecule has 0 aliphatic heterocycles. The van der Waals surface area contributed by atoms with Crippen LogP contribution in [0.4, 0.5) is 0 Å². The zero-order valence-corrected chi connectivity index (χ0v) is 10.4. The van der Waals surface area contributed by atoms with Gasteiger partial charge in [-0.05, 0) is 26.2 Å². The number of likely N-dealkylation sites (N-methyl/N-ethyl adjacent to an activating group) is 1. The standard InChI is InChI=1S/C12H18N2O3/c1-14(2)7-6-13-12(16)10-5-4-9(17-3)8-11(10)15/h4-5,8,15H,6-7H2,1-3H3,(H,13,16). The highest BCUT2D eigenvalue weighted by Gasteiger charge is 2.11. The molecule has 0 saturated carbocycles. The molecular formula is C12H18N2O3. The molecule has 1 rings (SSSR count). The fourth-order valence-corrected chi connectivity index (χ4v) is 1.32. The van der Waals surface area contributed by atoms with Crippen LogP contribution in [0.15, 0.2) is 18.2 Å². The number of nitrogens with one attached hydrogen (secondary N) is 1. The van der Waals surface area contributed by atoms with Crippen molar-refractivity contribution in [3.8, 4) is 11.5 Å². The van der Waals surface area contributed by atoms with Crippen molar-refractivity contribution in [3.05, 3.63) is 23.8 Å². The number of carbonyl (C=O) groups is 1.